The maximum atomic E-state index is 12.9. The van der Waals surface area contributed by atoms with Crippen LogP contribution >= 0.6 is 0 Å². The van der Waals surface area contributed by atoms with E-state index < -0.39 is 0 Å². The highest BCUT2D eigenvalue weighted by molar-refractivity contribution is 5.78. The molecule has 5 aliphatic heterocycles. The van der Waals surface area contributed by atoms with Gasteiger partial charge in [-0.2, -0.15) is 0 Å². The average Bonchev–Trinajstić information content (AvgIpc) is 3.55. The predicted octanol–water partition coefficient (Wildman–Crippen LogP) is 1.81. The number of H-pyrrole nitrogens is 1. The number of nitrogens with zero attached hydrogens (tertiary/aromatic N) is 2. The Morgan fingerprint density at radius 3 is 2.68 bits per heavy atom. The van der Waals surface area contributed by atoms with Crippen LogP contribution < -0.4 is 24.8 Å². The Balaban J connectivity index is 1.35. The molecule has 3 aromatic rings. The molecule has 37 heavy (non-hydrogen) atoms. The molecule has 2 amide bonds. The molecule has 1 aromatic heterocycles. The third-order valence-electron chi connectivity index (χ3n) is 6.54. The van der Waals surface area contributed by atoms with Crippen molar-refractivity contribution in [2.24, 2.45) is 0 Å². The van der Waals surface area contributed by atoms with E-state index >= 15 is 0 Å². The van der Waals surface area contributed by atoms with E-state index in [0.717, 1.165) is 17.0 Å². The molecule has 8 rings (SSSR count). The van der Waals surface area contributed by atoms with Crippen LogP contribution in [-0.2, 0) is 29.1 Å². The Bertz CT molecular complexity index is 1210. The van der Waals surface area contributed by atoms with Crippen molar-refractivity contribution in [1.82, 2.24) is 25.5 Å². The first-order chi connectivity index (χ1) is 18.1. The molecule has 2 aromatic carbocycles. The van der Waals surface area contributed by atoms with Crippen LogP contribution in [0.25, 0.3) is 0 Å². The molecule has 3 N–H and O–H groups in total. The minimum absolute atomic E-state index is 0.0424. The minimum atomic E-state index is -0.233. The molecule has 2 atom stereocenters. The van der Waals surface area contributed by atoms with Crippen LogP contribution in [0.1, 0.15) is 23.4 Å². The van der Waals surface area contributed by atoms with Gasteiger partial charge in [-0.3, -0.25) is 14.5 Å². The third-order valence-corrected chi connectivity index (χ3v) is 6.54. The number of carbonyl (C=O) groups excluding carboxylic acids is 2. The summed E-state index contributed by atoms with van der Waals surface area (Å²) in [6.07, 6.45) is 4.18. The third kappa shape index (κ3) is 6.39. The molecule has 0 radical (unpaired) electrons. The summed E-state index contributed by atoms with van der Waals surface area (Å²) in [4.78, 5) is 34.9. The minimum Gasteiger partial charge on any atom is -0.493 e. The van der Waals surface area contributed by atoms with Crippen LogP contribution in [-0.4, -0.2) is 65.6 Å². The SMILES string of the molecule is COc1cc2ccc1OCC(=O)NCc1ccc(cc1)O[C@H]1CN(Cc3ncc[nH]3)C[C@@H]1NC(=O)CC2. The fourth-order valence-electron chi connectivity index (χ4n) is 4.61. The van der Waals surface area contributed by atoms with E-state index in [9.17, 15) is 9.59 Å². The highest BCUT2D eigenvalue weighted by Gasteiger charge is 2.35. The molecule has 0 spiro atoms. The van der Waals surface area contributed by atoms with Crippen LogP contribution in [0, 0.1) is 0 Å². The number of carbonyl (C=O) groups is 2. The first-order valence-corrected chi connectivity index (χ1v) is 12.4. The second kappa shape index (κ2) is 11.3. The Kier molecular flexibility index (Phi) is 7.55. The zero-order chi connectivity index (χ0) is 25.6. The number of nitrogens with one attached hydrogen (secondary N) is 3. The number of ether oxygens (including phenoxy) is 3. The van der Waals surface area contributed by atoms with Crippen molar-refractivity contribution in [2.45, 2.75) is 38.1 Å². The standard InChI is InChI=1S/C27H31N5O5/c1-35-23-12-18-4-8-22(23)36-17-27(34)30-13-19-2-6-20(7-3-19)37-24-15-32(16-25-28-10-11-29-25)14-21(24)31-26(33)9-5-18/h2-4,6-8,10-12,21,24H,5,9,13-17H2,1H3,(H,28,29)(H,30,34)(H,31,33)/t21-,24-/m0/s1. The summed E-state index contributed by atoms with van der Waals surface area (Å²) in [6, 6.07) is 12.9. The van der Waals surface area contributed by atoms with E-state index in [4.69, 9.17) is 14.2 Å². The number of methoxy groups -OCH3 is 1. The first kappa shape index (κ1) is 24.6. The summed E-state index contributed by atoms with van der Waals surface area (Å²) in [7, 11) is 1.55. The number of hydrogen-bond acceptors (Lipinski definition) is 7. The number of aromatic amines is 1. The van der Waals surface area contributed by atoms with Crippen LogP contribution in [0.15, 0.2) is 54.9 Å². The molecule has 10 heteroatoms. The fourth-order valence-corrected chi connectivity index (χ4v) is 4.61. The first-order valence-electron chi connectivity index (χ1n) is 12.4. The fraction of sp³-hybridized carbons (Fsp3) is 0.370. The van der Waals surface area contributed by atoms with Crippen molar-refractivity contribution in [3.05, 3.63) is 71.8 Å². The van der Waals surface area contributed by atoms with Crippen LogP contribution in [0.5, 0.6) is 17.2 Å². The van der Waals surface area contributed by atoms with Gasteiger partial charge in [0.25, 0.3) is 5.91 Å². The molecule has 1 fully saturated rings. The zero-order valence-electron chi connectivity index (χ0n) is 20.7. The van der Waals surface area contributed by atoms with E-state index in [1.807, 2.05) is 36.4 Å². The van der Waals surface area contributed by atoms with Gasteiger partial charge >= 0.3 is 0 Å². The number of aromatic nitrogens is 2. The number of hydrogen-bond donors (Lipinski definition) is 3. The second-order valence-electron chi connectivity index (χ2n) is 9.25. The lowest BCUT2D eigenvalue weighted by atomic mass is 10.1. The summed E-state index contributed by atoms with van der Waals surface area (Å²) in [6.45, 7) is 2.20. The molecule has 1 saturated heterocycles. The van der Waals surface area contributed by atoms with Gasteiger partial charge in [0.15, 0.2) is 18.1 Å². The predicted molar refractivity (Wildman–Crippen MR) is 135 cm³/mol. The van der Waals surface area contributed by atoms with Crippen molar-refractivity contribution in [3.63, 3.8) is 0 Å². The summed E-state index contributed by atoms with van der Waals surface area (Å²) < 4.78 is 17.5. The Hall–Kier alpha value is -4.05. The molecule has 10 nitrogen and oxygen atoms in total. The zero-order valence-corrected chi connectivity index (χ0v) is 20.7. The topological polar surface area (TPSA) is 118 Å². The molecule has 0 saturated carbocycles. The maximum Gasteiger partial charge on any atom is 0.258 e. The van der Waals surface area contributed by atoms with E-state index in [2.05, 4.69) is 25.5 Å². The Morgan fingerprint density at radius 1 is 1.05 bits per heavy atom. The number of aryl methyl sites for hydroxylation is 1. The van der Waals surface area contributed by atoms with Crippen molar-refractivity contribution in [1.29, 1.82) is 0 Å². The molecule has 194 valence electrons. The molecule has 0 unspecified atom stereocenters. The number of imidazole rings is 1. The van der Waals surface area contributed by atoms with Gasteiger partial charge in [0.1, 0.15) is 17.7 Å². The van der Waals surface area contributed by atoms with Gasteiger partial charge in [0.05, 0.1) is 19.7 Å². The molecule has 4 bridgehead atoms. The largest absolute Gasteiger partial charge is 0.493 e. The lowest BCUT2D eigenvalue weighted by Crippen LogP contribution is -2.45. The number of benzene rings is 2. The van der Waals surface area contributed by atoms with Gasteiger partial charge in [0, 0.05) is 38.4 Å². The van der Waals surface area contributed by atoms with E-state index in [1.54, 1.807) is 25.6 Å². The van der Waals surface area contributed by atoms with Crippen LogP contribution in [0.3, 0.4) is 0 Å². The summed E-state index contributed by atoms with van der Waals surface area (Å²) >= 11 is 0. The Morgan fingerprint density at radius 2 is 1.89 bits per heavy atom. The number of rotatable bonds is 3. The van der Waals surface area contributed by atoms with Gasteiger partial charge in [-0.25, -0.2) is 4.98 Å². The van der Waals surface area contributed by atoms with Gasteiger partial charge in [-0.05, 0) is 41.8 Å². The lowest BCUT2D eigenvalue weighted by Gasteiger charge is -2.22. The van der Waals surface area contributed by atoms with Crippen LogP contribution in [0.2, 0.25) is 0 Å². The maximum absolute atomic E-state index is 12.9. The van der Waals surface area contributed by atoms with Crippen molar-refractivity contribution < 1.29 is 23.8 Å². The van der Waals surface area contributed by atoms with Crippen molar-refractivity contribution in [2.75, 3.05) is 26.8 Å². The summed E-state index contributed by atoms with van der Waals surface area (Å²) in [5.41, 5.74) is 1.88. The van der Waals surface area contributed by atoms with Crippen molar-refractivity contribution >= 4 is 11.8 Å². The molecular weight excluding hydrogens is 474 g/mol. The van der Waals surface area contributed by atoms with E-state index in [1.165, 1.54) is 0 Å². The van der Waals surface area contributed by atoms with Gasteiger partial charge in [0.2, 0.25) is 5.91 Å². The number of amides is 2. The van der Waals surface area contributed by atoms with Gasteiger partial charge in [-0.15, -0.1) is 0 Å². The van der Waals surface area contributed by atoms with Gasteiger partial charge < -0.3 is 29.8 Å². The van der Waals surface area contributed by atoms with Crippen LogP contribution in [0.4, 0.5) is 0 Å². The molecule has 6 heterocycles. The summed E-state index contributed by atoms with van der Waals surface area (Å²) in [5.74, 6) is 2.31. The Labute approximate surface area is 215 Å². The molecule has 0 aliphatic carbocycles. The van der Waals surface area contributed by atoms with E-state index in [-0.39, 0.29) is 30.6 Å². The second-order valence-corrected chi connectivity index (χ2v) is 9.25. The monoisotopic (exact) mass is 505 g/mol. The smallest absolute Gasteiger partial charge is 0.258 e. The average molecular weight is 506 g/mol. The molecule has 5 aliphatic rings. The molecular formula is C27H31N5O5. The van der Waals surface area contributed by atoms with Crippen molar-refractivity contribution in [3.8, 4) is 17.2 Å². The number of likely N-dealkylation sites (tertiary alicyclic amines) is 1. The van der Waals surface area contributed by atoms with E-state index in [0.29, 0.717) is 56.3 Å². The quantitative estimate of drug-likeness (QED) is 0.497. The normalized spacial score (nSPS) is 20.9. The highest BCUT2D eigenvalue weighted by atomic mass is 16.5. The lowest BCUT2D eigenvalue weighted by molar-refractivity contribution is -0.123. The summed E-state index contributed by atoms with van der Waals surface area (Å²) in [5, 5.41) is 6.06. The highest BCUT2D eigenvalue weighted by Crippen LogP contribution is 2.29. The van der Waals surface area contributed by atoms with Gasteiger partial charge in [-0.1, -0.05) is 18.2 Å².